The van der Waals surface area contributed by atoms with Crippen LogP contribution in [0.15, 0.2) is 91.0 Å². The van der Waals surface area contributed by atoms with Crippen molar-refractivity contribution in [2.75, 3.05) is 12.5 Å². The lowest BCUT2D eigenvalue weighted by Gasteiger charge is -2.09. The van der Waals surface area contributed by atoms with E-state index in [0.717, 1.165) is 27.4 Å². The van der Waals surface area contributed by atoms with Crippen molar-refractivity contribution in [1.82, 2.24) is 4.57 Å². The van der Waals surface area contributed by atoms with Crippen LogP contribution in [0.4, 0.5) is 5.69 Å². The Morgan fingerprint density at radius 1 is 0.889 bits per heavy atom. The lowest BCUT2D eigenvalue weighted by atomic mass is 10.1. The Kier molecular flexibility index (Phi) is 6.56. The first kappa shape index (κ1) is 23.4. The van der Waals surface area contributed by atoms with E-state index < -0.39 is 10.9 Å². The van der Waals surface area contributed by atoms with E-state index in [4.69, 9.17) is 21.1 Å². The minimum Gasteiger partial charge on any atom is -0.492 e. The van der Waals surface area contributed by atoms with Gasteiger partial charge in [0.1, 0.15) is 18.1 Å². The van der Waals surface area contributed by atoms with E-state index in [9.17, 15) is 14.9 Å². The molecule has 0 aliphatic rings. The number of rotatable bonds is 8. The summed E-state index contributed by atoms with van der Waals surface area (Å²) < 4.78 is 13.5. The lowest BCUT2D eigenvalue weighted by molar-refractivity contribution is -0.384. The fraction of sp³-hybridized carbons (Fsp3) is 0.107. The summed E-state index contributed by atoms with van der Waals surface area (Å²) in [5, 5.41) is 12.5. The van der Waals surface area contributed by atoms with Crippen molar-refractivity contribution in [2.45, 2.75) is 6.54 Å². The second-order valence-corrected chi connectivity index (χ2v) is 8.51. The molecule has 180 valence electrons. The van der Waals surface area contributed by atoms with Crippen LogP contribution in [0.1, 0.15) is 15.9 Å². The minimum atomic E-state index is -0.555. The molecule has 0 saturated heterocycles. The predicted octanol–water partition coefficient (Wildman–Crippen LogP) is 6.59. The molecule has 4 aromatic carbocycles. The summed E-state index contributed by atoms with van der Waals surface area (Å²) in [4.78, 5) is 23.7. The summed E-state index contributed by atoms with van der Waals surface area (Å²) in [6.07, 6.45) is 0. The number of ether oxygens (including phenoxy) is 2. The van der Waals surface area contributed by atoms with Gasteiger partial charge in [-0.15, -0.1) is 11.6 Å². The van der Waals surface area contributed by atoms with Crippen molar-refractivity contribution in [3.05, 3.63) is 112 Å². The van der Waals surface area contributed by atoms with E-state index >= 15 is 0 Å². The van der Waals surface area contributed by atoms with Crippen LogP contribution in [0.2, 0.25) is 0 Å². The van der Waals surface area contributed by atoms with E-state index in [1.165, 1.54) is 24.3 Å². The SMILES string of the molecule is O=C(Oc1ccc([N+](=O)[O-])cc1)c1cccc2c1c1cc(OCCCl)ccc1n2Cc1ccccc1. The third-order valence-corrected chi connectivity index (χ3v) is 6.02. The first-order chi connectivity index (χ1) is 17.5. The number of nitro groups is 1. The molecule has 0 atom stereocenters. The third-order valence-electron chi connectivity index (χ3n) is 5.87. The van der Waals surface area contributed by atoms with E-state index in [-0.39, 0.29) is 11.4 Å². The molecule has 5 rings (SSSR count). The van der Waals surface area contributed by atoms with Crippen LogP contribution in [-0.4, -0.2) is 27.9 Å². The zero-order valence-corrected chi connectivity index (χ0v) is 19.9. The van der Waals surface area contributed by atoms with Crippen molar-refractivity contribution >= 4 is 45.1 Å². The van der Waals surface area contributed by atoms with Gasteiger partial charge in [-0.2, -0.15) is 0 Å². The Hall–Kier alpha value is -4.36. The first-order valence-electron chi connectivity index (χ1n) is 11.3. The number of non-ortho nitro benzene ring substituents is 1. The smallest absolute Gasteiger partial charge is 0.344 e. The Balaban J connectivity index is 1.62. The zero-order valence-electron chi connectivity index (χ0n) is 19.1. The quantitative estimate of drug-likeness (QED) is 0.0789. The average Bonchev–Trinajstić information content (AvgIpc) is 3.21. The second-order valence-electron chi connectivity index (χ2n) is 8.13. The third kappa shape index (κ3) is 4.61. The summed E-state index contributed by atoms with van der Waals surface area (Å²) in [6.45, 7) is 0.980. The highest BCUT2D eigenvalue weighted by Crippen LogP contribution is 2.35. The van der Waals surface area contributed by atoms with E-state index in [1.807, 2.05) is 48.5 Å². The lowest BCUT2D eigenvalue weighted by Crippen LogP contribution is -2.09. The average molecular weight is 501 g/mol. The highest BCUT2D eigenvalue weighted by atomic mass is 35.5. The Bertz CT molecular complexity index is 1560. The number of hydrogen-bond acceptors (Lipinski definition) is 5. The molecule has 1 aromatic heterocycles. The molecule has 0 bridgehead atoms. The number of esters is 1. The number of aromatic nitrogens is 1. The van der Waals surface area contributed by atoms with Crippen molar-refractivity contribution in [2.24, 2.45) is 0 Å². The predicted molar refractivity (Wildman–Crippen MR) is 139 cm³/mol. The maximum absolute atomic E-state index is 13.3. The fourth-order valence-electron chi connectivity index (χ4n) is 4.28. The minimum absolute atomic E-state index is 0.0784. The van der Waals surface area contributed by atoms with Crippen molar-refractivity contribution in [3.8, 4) is 11.5 Å². The van der Waals surface area contributed by atoms with E-state index in [1.54, 1.807) is 6.07 Å². The number of carbonyl (C=O) groups is 1. The van der Waals surface area contributed by atoms with Gasteiger partial charge in [0, 0.05) is 35.0 Å². The van der Waals surface area contributed by atoms with Crippen LogP contribution in [0.5, 0.6) is 11.5 Å². The maximum Gasteiger partial charge on any atom is 0.344 e. The Labute approximate surface area is 211 Å². The van der Waals surface area contributed by atoms with Gasteiger partial charge < -0.3 is 14.0 Å². The van der Waals surface area contributed by atoms with Gasteiger partial charge in [-0.05, 0) is 48.0 Å². The molecule has 0 spiro atoms. The zero-order chi connectivity index (χ0) is 25.1. The molecular formula is C28H21ClN2O5. The topological polar surface area (TPSA) is 83.6 Å². The standard InChI is InChI=1S/C28H21ClN2O5/c29-15-16-35-22-13-14-25-24(17-22)27-23(28(32)36-21-11-9-20(10-12-21)31(33)34)7-4-8-26(27)30(25)18-19-5-2-1-3-6-19/h1-14,17H,15-16,18H2. The molecule has 0 amide bonds. The highest BCUT2D eigenvalue weighted by molar-refractivity contribution is 6.18. The molecule has 8 heteroatoms. The normalized spacial score (nSPS) is 11.0. The van der Waals surface area contributed by atoms with Crippen LogP contribution in [0, 0.1) is 10.1 Å². The van der Waals surface area contributed by atoms with Crippen molar-refractivity contribution < 1.29 is 19.2 Å². The van der Waals surface area contributed by atoms with Crippen LogP contribution >= 0.6 is 11.6 Å². The summed E-state index contributed by atoms with van der Waals surface area (Å²) >= 11 is 5.80. The molecule has 0 aliphatic carbocycles. The van der Waals surface area contributed by atoms with Gasteiger partial charge in [0.2, 0.25) is 0 Å². The molecule has 0 aliphatic heterocycles. The van der Waals surface area contributed by atoms with Crippen molar-refractivity contribution in [1.29, 1.82) is 0 Å². The molecular weight excluding hydrogens is 480 g/mol. The number of hydrogen-bond donors (Lipinski definition) is 0. The monoisotopic (exact) mass is 500 g/mol. The van der Waals surface area contributed by atoms with Gasteiger partial charge in [0.15, 0.2) is 0 Å². The molecule has 36 heavy (non-hydrogen) atoms. The first-order valence-corrected chi connectivity index (χ1v) is 11.8. The van der Waals surface area contributed by atoms with Gasteiger partial charge in [-0.3, -0.25) is 10.1 Å². The number of nitro benzene ring substituents is 1. The summed E-state index contributed by atoms with van der Waals surface area (Å²) in [6, 6.07) is 26.8. The molecule has 0 N–H and O–H groups in total. The highest BCUT2D eigenvalue weighted by Gasteiger charge is 2.20. The van der Waals surface area contributed by atoms with Gasteiger partial charge >= 0.3 is 5.97 Å². The van der Waals surface area contributed by atoms with Crippen LogP contribution in [-0.2, 0) is 6.54 Å². The molecule has 0 saturated carbocycles. The fourth-order valence-corrected chi connectivity index (χ4v) is 4.36. The van der Waals surface area contributed by atoms with E-state index in [0.29, 0.717) is 30.3 Å². The second kappa shape index (κ2) is 10.1. The summed E-state index contributed by atoms with van der Waals surface area (Å²) in [7, 11) is 0. The molecule has 5 aromatic rings. The number of fused-ring (bicyclic) bond motifs is 3. The van der Waals surface area contributed by atoms with Crippen LogP contribution in [0.3, 0.4) is 0 Å². The van der Waals surface area contributed by atoms with Gasteiger partial charge in [-0.1, -0.05) is 36.4 Å². The number of carbonyl (C=O) groups excluding carboxylic acids is 1. The number of benzene rings is 4. The summed E-state index contributed by atoms with van der Waals surface area (Å²) in [5.74, 6) is 0.683. The number of halogens is 1. The van der Waals surface area contributed by atoms with E-state index in [2.05, 4.69) is 16.7 Å². The number of alkyl halides is 1. The van der Waals surface area contributed by atoms with Crippen LogP contribution in [0.25, 0.3) is 21.8 Å². The molecule has 1 heterocycles. The molecule has 0 unspecified atom stereocenters. The number of nitrogens with zero attached hydrogens (tertiary/aromatic N) is 2. The summed E-state index contributed by atoms with van der Waals surface area (Å²) in [5.41, 5.74) is 3.25. The Morgan fingerprint density at radius 2 is 1.64 bits per heavy atom. The molecule has 0 fully saturated rings. The maximum atomic E-state index is 13.3. The van der Waals surface area contributed by atoms with Gasteiger partial charge in [-0.25, -0.2) is 4.79 Å². The largest absolute Gasteiger partial charge is 0.492 e. The van der Waals surface area contributed by atoms with Gasteiger partial charge in [0.05, 0.1) is 21.9 Å². The van der Waals surface area contributed by atoms with Crippen LogP contribution < -0.4 is 9.47 Å². The molecule has 7 nitrogen and oxygen atoms in total. The molecule has 0 radical (unpaired) electrons. The Morgan fingerprint density at radius 3 is 2.36 bits per heavy atom. The van der Waals surface area contributed by atoms with Crippen molar-refractivity contribution in [3.63, 3.8) is 0 Å². The van der Waals surface area contributed by atoms with Gasteiger partial charge in [0.25, 0.3) is 5.69 Å².